The van der Waals surface area contributed by atoms with Crippen LogP contribution in [-0.4, -0.2) is 22.1 Å². The number of aromatic nitrogens is 1. The Morgan fingerprint density at radius 2 is 2.38 bits per heavy atom. The van der Waals surface area contributed by atoms with Crippen LogP contribution in [0, 0.1) is 6.92 Å². The van der Waals surface area contributed by atoms with Gasteiger partial charge in [-0.2, -0.15) is 0 Å². The quantitative estimate of drug-likeness (QED) is 0.848. The summed E-state index contributed by atoms with van der Waals surface area (Å²) in [5.41, 5.74) is 7.53. The van der Waals surface area contributed by atoms with Gasteiger partial charge in [-0.25, -0.2) is 4.98 Å². The zero-order valence-corrected chi connectivity index (χ0v) is 9.62. The van der Waals surface area contributed by atoms with Gasteiger partial charge in [0.1, 0.15) is 6.04 Å². The minimum absolute atomic E-state index is 0.285. The fourth-order valence-electron chi connectivity index (χ4n) is 1.45. The first-order valence-electron chi connectivity index (χ1n) is 4.91. The molecule has 0 fully saturated rings. The van der Waals surface area contributed by atoms with E-state index in [9.17, 15) is 4.79 Å². The number of aryl methyl sites for hydroxylation is 1. The van der Waals surface area contributed by atoms with E-state index in [1.807, 2.05) is 25.1 Å². The van der Waals surface area contributed by atoms with Gasteiger partial charge in [0.2, 0.25) is 0 Å². The predicted molar refractivity (Wildman–Crippen MR) is 63.7 cm³/mol. The van der Waals surface area contributed by atoms with Gasteiger partial charge in [0.15, 0.2) is 0 Å². The summed E-state index contributed by atoms with van der Waals surface area (Å²) < 4.78 is 1.07. The molecule has 0 unspecified atom stereocenters. The Kier molecular flexibility index (Phi) is 2.89. The van der Waals surface area contributed by atoms with Crippen molar-refractivity contribution in [1.29, 1.82) is 0 Å². The number of rotatable bonds is 3. The normalized spacial score (nSPS) is 12.9. The first kappa shape index (κ1) is 11.0. The Morgan fingerprint density at radius 3 is 3.06 bits per heavy atom. The number of carboxylic acids is 1. The molecule has 1 aromatic carbocycles. The van der Waals surface area contributed by atoms with Crippen molar-refractivity contribution in [3.8, 4) is 0 Å². The van der Waals surface area contributed by atoms with Crippen LogP contribution in [0.5, 0.6) is 0 Å². The maximum atomic E-state index is 10.6. The van der Waals surface area contributed by atoms with Gasteiger partial charge in [-0.15, -0.1) is 11.3 Å². The second-order valence-corrected chi connectivity index (χ2v) is 4.84. The number of fused-ring (bicyclic) bond motifs is 1. The van der Waals surface area contributed by atoms with Crippen LogP contribution in [-0.2, 0) is 11.2 Å². The first-order chi connectivity index (χ1) is 7.56. The molecule has 0 aliphatic heterocycles. The molecular weight excluding hydrogens is 224 g/mol. The monoisotopic (exact) mass is 236 g/mol. The minimum Gasteiger partial charge on any atom is -0.480 e. The fraction of sp³-hybridized carbons (Fsp3) is 0.273. The summed E-state index contributed by atoms with van der Waals surface area (Å²) in [6, 6.07) is 5.13. The third kappa shape index (κ3) is 2.20. The molecule has 0 saturated heterocycles. The summed E-state index contributed by atoms with van der Waals surface area (Å²) in [5, 5.41) is 9.49. The van der Waals surface area contributed by atoms with E-state index in [0.29, 0.717) is 0 Å². The zero-order chi connectivity index (χ0) is 11.7. The molecule has 0 spiro atoms. The maximum Gasteiger partial charge on any atom is 0.320 e. The summed E-state index contributed by atoms with van der Waals surface area (Å²) in [7, 11) is 0. The molecule has 0 amide bonds. The standard InChI is InChI=1S/C11H12N2O2S/c1-6-2-3-9-8(4-6)13-10(16-9)5-7(12)11(14)15/h2-4,7H,5,12H2,1H3,(H,14,15)/t7-/m0/s1. The largest absolute Gasteiger partial charge is 0.480 e. The van der Waals surface area contributed by atoms with E-state index < -0.39 is 12.0 Å². The molecule has 3 N–H and O–H groups in total. The van der Waals surface area contributed by atoms with E-state index in [1.54, 1.807) is 0 Å². The molecule has 16 heavy (non-hydrogen) atoms. The van der Waals surface area contributed by atoms with Gasteiger partial charge in [-0.05, 0) is 24.6 Å². The summed E-state index contributed by atoms with van der Waals surface area (Å²) >= 11 is 1.50. The number of aliphatic carboxylic acids is 1. The van der Waals surface area contributed by atoms with E-state index in [-0.39, 0.29) is 6.42 Å². The van der Waals surface area contributed by atoms with Crippen molar-refractivity contribution in [2.45, 2.75) is 19.4 Å². The van der Waals surface area contributed by atoms with Gasteiger partial charge in [-0.3, -0.25) is 4.79 Å². The Bertz CT molecular complexity index is 536. The van der Waals surface area contributed by atoms with Crippen LogP contribution in [0.15, 0.2) is 18.2 Å². The molecule has 1 heterocycles. The lowest BCUT2D eigenvalue weighted by Crippen LogP contribution is -2.32. The van der Waals surface area contributed by atoms with E-state index in [1.165, 1.54) is 11.3 Å². The molecule has 2 rings (SSSR count). The molecule has 0 saturated carbocycles. The highest BCUT2D eigenvalue weighted by molar-refractivity contribution is 7.18. The fourth-order valence-corrected chi connectivity index (χ4v) is 2.45. The second-order valence-electron chi connectivity index (χ2n) is 3.73. The Balaban J connectivity index is 2.29. The molecule has 4 nitrogen and oxygen atoms in total. The molecule has 1 aromatic heterocycles. The van der Waals surface area contributed by atoms with Crippen LogP contribution >= 0.6 is 11.3 Å². The lowest BCUT2D eigenvalue weighted by Gasteiger charge is -2.01. The maximum absolute atomic E-state index is 10.6. The molecule has 0 radical (unpaired) electrons. The smallest absolute Gasteiger partial charge is 0.320 e. The van der Waals surface area contributed by atoms with Crippen LogP contribution in [0.2, 0.25) is 0 Å². The third-order valence-corrected chi connectivity index (χ3v) is 3.36. The Hall–Kier alpha value is -1.46. The minimum atomic E-state index is -0.990. The van der Waals surface area contributed by atoms with Gasteiger partial charge in [-0.1, -0.05) is 6.07 Å². The highest BCUT2D eigenvalue weighted by Gasteiger charge is 2.14. The highest BCUT2D eigenvalue weighted by atomic mass is 32.1. The molecule has 1 atom stereocenters. The van der Waals surface area contributed by atoms with E-state index >= 15 is 0 Å². The van der Waals surface area contributed by atoms with Crippen molar-refractivity contribution in [3.63, 3.8) is 0 Å². The van der Waals surface area contributed by atoms with Crippen LogP contribution in [0.4, 0.5) is 0 Å². The van der Waals surface area contributed by atoms with Crippen molar-refractivity contribution < 1.29 is 9.90 Å². The van der Waals surface area contributed by atoms with Crippen LogP contribution in [0.1, 0.15) is 10.6 Å². The average Bonchev–Trinajstić information content (AvgIpc) is 2.58. The van der Waals surface area contributed by atoms with Gasteiger partial charge in [0, 0.05) is 6.42 Å². The molecule has 0 aliphatic rings. The summed E-state index contributed by atoms with van der Waals surface area (Å²) in [6.45, 7) is 2.00. The molecule has 0 bridgehead atoms. The van der Waals surface area contributed by atoms with Gasteiger partial charge in [0.05, 0.1) is 15.2 Å². The highest BCUT2D eigenvalue weighted by Crippen LogP contribution is 2.23. The molecule has 0 aliphatic carbocycles. The van der Waals surface area contributed by atoms with Gasteiger partial charge < -0.3 is 10.8 Å². The molecule has 84 valence electrons. The number of carboxylic acid groups (broad SMARTS) is 1. The van der Waals surface area contributed by atoms with E-state index in [0.717, 1.165) is 20.8 Å². The van der Waals surface area contributed by atoms with Crippen molar-refractivity contribution >= 4 is 27.5 Å². The molecule has 2 aromatic rings. The van der Waals surface area contributed by atoms with Crippen molar-refractivity contribution in [3.05, 3.63) is 28.8 Å². The number of benzene rings is 1. The van der Waals surface area contributed by atoms with Crippen LogP contribution in [0.25, 0.3) is 10.2 Å². The summed E-state index contributed by atoms with van der Waals surface area (Å²) in [6.07, 6.45) is 0.285. The SMILES string of the molecule is Cc1ccc2sc(C[C@H](N)C(=O)O)nc2c1. The van der Waals surface area contributed by atoms with E-state index in [4.69, 9.17) is 10.8 Å². The number of nitrogens with two attached hydrogens (primary N) is 1. The number of nitrogens with zero attached hydrogens (tertiary/aromatic N) is 1. The van der Waals surface area contributed by atoms with Crippen LogP contribution in [0.3, 0.4) is 0 Å². The molecule has 5 heteroatoms. The van der Waals surface area contributed by atoms with Crippen molar-refractivity contribution in [1.82, 2.24) is 4.98 Å². The lowest BCUT2D eigenvalue weighted by atomic mass is 10.2. The van der Waals surface area contributed by atoms with E-state index in [2.05, 4.69) is 4.98 Å². The van der Waals surface area contributed by atoms with Crippen molar-refractivity contribution in [2.75, 3.05) is 0 Å². The lowest BCUT2D eigenvalue weighted by molar-refractivity contribution is -0.138. The number of hydrogen-bond acceptors (Lipinski definition) is 4. The first-order valence-corrected chi connectivity index (χ1v) is 5.72. The number of thiazole rings is 1. The Labute approximate surface area is 96.7 Å². The topological polar surface area (TPSA) is 76.2 Å². The second kappa shape index (κ2) is 4.19. The average molecular weight is 236 g/mol. The summed E-state index contributed by atoms with van der Waals surface area (Å²) in [5.74, 6) is -0.990. The third-order valence-electron chi connectivity index (χ3n) is 2.30. The predicted octanol–water partition coefficient (Wildman–Crippen LogP) is 1.56. The van der Waals surface area contributed by atoms with Gasteiger partial charge in [0.25, 0.3) is 0 Å². The summed E-state index contributed by atoms with van der Waals surface area (Å²) in [4.78, 5) is 15.0. The van der Waals surface area contributed by atoms with Gasteiger partial charge >= 0.3 is 5.97 Å². The molecular formula is C11H12N2O2S. The zero-order valence-electron chi connectivity index (χ0n) is 8.80. The van der Waals surface area contributed by atoms with Crippen molar-refractivity contribution in [2.24, 2.45) is 5.73 Å². The number of hydrogen-bond donors (Lipinski definition) is 2. The number of carbonyl (C=O) groups is 1. The van der Waals surface area contributed by atoms with Crippen LogP contribution < -0.4 is 5.73 Å². The Morgan fingerprint density at radius 1 is 1.62 bits per heavy atom.